The summed E-state index contributed by atoms with van der Waals surface area (Å²) in [7, 11) is 0. The van der Waals surface area contributed by atoms with Crippen molar-refractivity contribution < 1.29 is 34.6 Å². The summed E-state index contributed by atoms with van der Waals surface area (Å²) < 4.78 is 37.6. The second kappa shape index (κ2) is 16.0. The standard InChI is InChI=1S/C52H45F2N4O.Pt/c1-32(2)44-25-35(34-23-37(53)28-38(54)24-34)26-45(33(3)4)51(44)57-31-56(47-17-10-11-18-48(47)57)39-13-12-14-40(29-39)59-41-19-20-43-42-15-8-9-16-46(42)58(49(43)30-41)50-27-36(21-22-55-50)52(5,6)7;/h8-28,31-33H,1-7H3;/q-3;. The summed E-state index contributed by atoms with van der Waals surface area (Å²) in [5.41, 5.74) is 10.4. The molecule has 0 atom stereocenters. The molecule has 1 aliphatic rings. The van der Waals surface area contributed by atoms with Crippen molar-refractivity contribution >= 4 is 44.6 Å². The Bertz CT molecular complexity index is 2840. The maximum Gasteiger partial charge on any atom is 0.135 e. The van der Waals surface area contributed by atoms with Crippen molar-refractivity contribution in [3.05, 3.63) is 175 Å². The fourth-order valence-electron chi connectivity index (χ4n) is 8.14. The van der Waals surface area contributed by atoms with Crippen LogP contribution in [0.25, 0.3) is 38.8 Å². The third-order valence-corrected chi connectivity index (χ3v) is 11.1. The first kappa shape index (κ1) is 41.0. The number of ether oxygens (including phenoxy) is 1. The van der Waals surface area contributed by atoms with E-state index in [9.17, 15) is 8.78 Å². The number of rotatable bonds is 8. The van der Waals surface area contributed by atoms with Crippen molar-refractivity contribution in [1.29, 1.82) is 0 Å². The molecule has 0 amide bonds. The van der Waals surface area contributed by atoms with Gasteiger partial charge >= 0.3 is 0 Å². The van der Waals surface area contributed by atoms with Crippen LogP contribution in [0.1, 0.15) is 77.0 Å². The number of para-hydroxylation sites is 3. The molecule has 0 N–H and O–H groups in total. The summed E-state index contributed by atoms with van der Waals surface area (Å²) >= 11 is 0. The minimum atomic E-state index is -0.595. The van der Waals surface area contributed by atoms with E-state index in [1.807, 2.05) is 42.6 Å². The maximum atomic E-state index is 14.4. The van der Waals surface area contributed by atoms with E-state index in [0.29, 0.717) is 17.1 Å². The second-order valence-electron chi connectivity index (χ2n) is 16.9. The van der Waals surface area contributed by atoms with Crippen molar-refractivity contribution in [2.45, 2.75) is 65.7 Å². The van der Waals surface area contributed by atoms with Gasteiger partial charge in [-0.2, -0.15) is 12.1 Å². The molecule has 0 fully saturated rings. The van der Waals surface area contributed by atoms with Gasteiger partial charge in [-0.05, 0) is 105 Å². The van der Waals surface area contributed by atoms with E-state index in [1.165, 1.54) is 17.7 Å². The van der Waals surface area contributed by atoms with Crippen LogP contribution in [0.5, 0.6) is 11.5 Å². The van der Waals surface area contributed by atoms with Crippen LogP contribution in [-0.2, 0) is 26.5 Å². The fraction of sp³-hybridized carbons (Fsp3) is 0.192. The molecule has 8 heteroatoms. The summed E-state index contributed by atoms with van der Waals surface area (Å²) in [5.74, 6) is 0.987. The minimum absolute atomic E-state index is 0. The monoisotopic (exact) mass is 974 g/mol. The maximum absolute atomic E-state index is 14.4. The zero-order valence-corrected chi connectivity index (χ0v) is 36.9. The summed E-state index contributed by atoms with van der Waals surface area (Å²) in [5, 5.41) is 2.18. The van der Waals surface area contributed by atoms with Crippen molar-refractivity contribution in [2.24, 2.45) is 0 Å². The molecular formula is C52H45F2N4OPt-3. The Labute approximate surface area is 365 Å². The summed E-state index contributed by atoms with van der Waals surface area (Å²) in [6, 6.07) is 45.8. The number of anilines is 4. The van der Waals surface area contributed by atoms with Gasteiger partial charge in [-0.1, -0.05) is 84.3 Å². The van der Waals surface area contributed by atoms with E-state index >= 15 is 0 Å². The quantitative estimate of drug-likeness (QED) is 0.142. The van der Waals surface area contributed by atoms with Crippen LogP contribution in [0.15, 0.2) is 128 Å². The van der Waals surface area contributed by atoms with Crippen molar-refractivity contribution in [2.75, 3.05) is 9.80 Å². The fourth-order valence-corrected chi connectivity index (χ4v) is 8.14. The van der Waals surface area contributed by atoms with Crippen LogP contribution < -0.4 is 14.5 Å². The Hall–Kier alpha value is -5.78. The van der Waals surface area contributed by atoms with Gasteiger partial charge in [0.15, 0.2) is 0 Å². The Morgan fingerprint density at radius 1 is 0.650 bits per heavy atom. The van der Waals surface area contributed by atoms with Crippen molar-refractivity contribution in [3.8, 4) is 28.4 Å². The van der Waals surface area contributed by atoms with Gasteiger partial charge in [0.05, 0.1) is 0 Å². The molecule has 0 saturated carbocycles. The number of pyridine rings is 1. The molecule has 0 spiro atoms. The molecule has 0 radical (unpaired) electrons. The Balaban J connectivity index is 0.00000499. The first-order chi connectivity index (χ1) is 28.3. The molecule has 0 unspecified atom stereocenters. The summed E-state index contributed by atoms with van der Waals surface area (Å²) in [4.78, 5) is 9.19. The van der Waals surface area contributed by atoms with Crippen molar-refractivity contribution in [3.63, 3.8) is 0 Å². The van der Waals surface area contributed by atoms with E-state index in [1.54, 1.807) is 0 Å². The second-order valence-corrected chi connectivity index (χ2v) is 16.9. The van der Waals surface area contributed by atoms with E-state index in [-0.39, 0.29) is 38.3 Å². The van der Waals surface area contributed by atoms with Crippen LogP contribution >= 0.6 is 0 Å². The molecule has 0 saturated heterocycles. The van der Waals surface area contributed by atoms with E-state index in [2.05, 4.69) is 148 Å². The molecule has 5 nitrogen and oxygen atoms in total. The first-order valence-electron chi connectivity index (χ1n) is 20.1. The summed E-state index contributed by atoms with van der Waals surface area (Å²) in [6.45, 7) is 17.3. The number of nitrogens with zero attached hydrogens (tertiary/aromatic N) is 4. The average Bonchev–Trinajstić information content (AvgIpc) is 3.76. The van der Waals surface area contributed by atoms with Crippen LogP contribution in [-0.4, -0.2) is 9.55 Å². The Morgan fingerprint density at radius 2 is 1.28 bits per heavy atom. The van der Waals surface area contributed by atoms with Gasteiger partial charge in [-0.25, -0.2) is 13.8 Å². The topological polar surface area (TPSA) is 33.5 Å². The Morgan fingerprint density at radius 3 is 1.97 bits per heavy atom. The minimum Gasteiger partial charge on any atom is -0.509 e. The number of hydrogen-bond acceptors (Lipinski definition) is 4. The largest absolute Gasteiger partial charge is 0.509 e. The molecule has 3 heterocycles. The van der Waals surface area contributed by atoms with Gasteiger partial charge in [-0.15, -0.1) is 48.1 Å². The molecule has 8 aromatic rings. The zero-order chi connectivity index (χ0) is 41.2. The molecular weight excluding hydrogens is 930 g/mol. The zero-order valence-electron chi connectivity index (χ0n) is 34.6. The molecule has 306 valence electrons. The molecule has 0 aliphatic carbocycles. The normalized spacial score (nSPS) is 12.8. The Kier molecular flexibility index (Phi) is 10.9. The van der Waals surface area contributed by atoms with E-state index < -0.39 is 11.6 Å². The molecule has 2 aromatic heterocycles. The number of hydrogen-bond donors (Lipinski definition) is 0. The smallest absolute Gasteiger partial charge is 0.135 e. The predicted molar refractivity (Wildman–Crippen MR) is 236 cm³/mol. The molecule has 0 bridgehead atoms. The average molecular weight is 975 g/mol. The van der Waals surface area contributed by atoms with Crippen LogP contribution in [0.3, 0.4) is 0 Å². The third-order valence-electron chi connectivity index (χ3n) is 11.1. The van der Waals surface area contributed by atoms with Gasteiger partial charge in [0.1, 0.15) is 17.5 Å². The van der Waals surface area contributed by atoms with Gasteiger partial charge in [0.25, 0.3) is 0 Å². The molecule has 6 aromatic carbocycles. The number of benzene rings is 6. The van der Waals surface area contributed by atoms with Gasteiger partial charge < -0.3 is 19.1 Å². The molecule has 9 rings (SSSR count). The van der Waals surface area contributed by atoms with E-state index in [4.69, 9.17) is 9.72 Å². The third kappa shape index (κ3) is 7.49. The number of aromatic nitrogens is 2. The van der Waals surface area contributed by atoms with Crippen LogP contribution in [0.4, 0.5) is 31.5 Å². The van der Waals surface area contributed by atoms with Crippen LogP contribution in [0.2, 0.25) is 0 Å². The van der Waals surface area contributed by atoms with Gasteiger partial charge in [0, 0.05) is 67.4 Å². The van der Waals surface area contributed by atoms with Gasteiger partial charge in [-0.3, -0.25) is 0 Å². The SMILES string of the molecule is CC(C)c1cc(-c2cc(F)cc(F)c2)cc(C(C)C)c1N1[CH-]N(c2[c-]c(Oc3[c-]c4c(cc3)c3ccccc3n4-c3cc(C(C)(C)C)ccn3)ccc2)c2ccccc21.[Pt]. The molecule has 60 heavy (non-hydrogen) atoms. The van der Waals surface area contributed by atoms with E-state index in [0.717, 1.165) is 73.1 Å². The number of fused-ring (bicyclic) bond motifs is 4. The van der Waals surface area contributed by atoms with Gasteiger partial charge in [0.2, 0.25) is 0 Å². The summed E-state index contributed by atoms with van der Waals surface area (Å²) in [6.07, 6.45) is 1.88. The van der Waals surface area contributed by atoms with Crippen molar-refractivity contribution in [1.82, 2.24) is 9.55 Å². The molecule has 1 aliphatic heterocycles. The number of halogens is 2. The first-order valence-corrected chi connectivity index (χ1v) is 20.1. The predicted octanol–water partition coefficient (Wildman–Crippen LogP) is 14.5. The van der Waals surface area contributed by atoms with Crippen LogP contribution in [0, 0.1) is 30.4 Å².